The molecule has 0 saturated carbocycles. The van der Waals surface area contributed by atoms with E-state index in [0.717, 1.165) is 16.6 Å². The van der Waals surface area contributed by atoms with Gasteiger partial charge in [-0.05, 0) is 19.9 Å². The van der Waals surface area contributed by atoms with Crippen molar-refractivity contribution < 1.29 is 0 Å². The molecule has 0 amide bonds. The minimum atomic E-state index is -0.140. The van der Waals surface area contributed by atoms with Crippen molar-refractivity contribution in [2.24, 2.45) is 0 Å². The zero-order chi connectivity index (χ0) is 10.1. The van der Waals surface area contributed by atoms with E-state index in [0.29, 0.717) is 5.82 Å². The summed E-state index contributed by atoms with van der Waals surface area (Å²) in [5, 5.41) is 0.951. The van der Waals surface area contributed by atoms with Crippen LogP contribution in [0.5, 0.6) is 0 Å². The zero-order valence-electron chi connectivity index (χ0n) is 8.16. The molecule has 2 nitrogen and oxygen atoms in total. The molecule has 0 aliphatic heterocycles. The van der Waals surface area contributed by atoms with Crippen molar-refractivity contribution in [3.63, 3.8) is 0 Å². The molecule has 0 saturated heterocycles. The molecule has 14 heavy (non-hydrogen) atoms. The highest BCUT2D eigenvalue weighted by Gasteiger charge is 2.07. The normalized spacial score (nSPS) is 13.1. The molecule has 2 aromatic rings. The molecule has 1 aromatic carbocycles. The first-order valence-electron chi connectivity index (χ1n) is 4.56. The molecular weight excluding hydrogens is 196 g/mol. The average molecular weight is 207 g/mol. The van der Waals surface area contributed by atoms with Gasteiger partial charge >= 0.3 is 0 Å². The van der Waals surface area contributed by atoms with Crippen molar-refractivity contribution in [3.8, 4) is 0 Å². The van der Waals surface area contributed by atoms with E-state index in [2.05, 4.69) is 9.97 Å². The highest BCUT2D eigenvalue weighted by Crippen LogP contribution is 2.20. The van der Waals surface area contributed by atoms with Gasteiger partial charge in [0.25, 0.3) is 0 Å². The van der Waals surface area contributed by atoms with Crippen LogP contribution < -0.4 is 0 Å². The molecule has 0 spiro atoms. The second-order valence-electron chi connectivity index (χ2n) is 3.30. The van der Waals surface area contributed by atoms with Crippen molar-refractivity contribution in [1.29, 1.82) is 0 Å². The number of aromatic nitrogens is 2. The smallest absolute Gasteiger partial charge is 0.146 e. The Morgan fingerprint density at radius 1 is 1.21 bits per heavy atom. The number of halogens is 1. The molecule has 1 unspecified atom stereocenters. The summed E-state index contributed by atoms with van der Waals surface area (Å²) in [5.41, 5.74) is 1.95. The van der Waals surface area contributed by atoms with Crippen molar-refractivity contribution in [1.82, 2.24) is 9.97 Å². The van der Waals surface area contributed by atoms with Crippen LogP contribution in [0.4, 0.5) is 0 Å². The van der Waals surface area contributed by atoms with Gasteiger partial charge in [0.2, 0.25) is 0 Å². The summed E-state index contributed by atoms with van der Waals surface area (Å²) in [5.74, 6) is 0.697. The van der Waals surface area contributed by atoms with Gasteiger partial charge < -0.3 is 0 Å². The molecule has 1 heterocycles. The summed E-state index contributed by atoms with van der Waals surface area (Å²) in [6.07, 6.45) is 0. The van der Waals surface area contributed by atoms with E-state index in [1.165, 1.54) is 0 Å². The molecule has 0 fully saturated rings. The number of nitrogens with zero attached hydrogens (tertiary/aromatic N) is 2. The van der Waals surface area contributed by atoms with Crippen LogP contribution in [0, 0.1) is 6.92 Å². The van der Waals surface area contributed by atoms with Crippen molar-refractivity contribution in [3.05, 3.63) is 35.8 Å². The number of alkyl halides is 1. The summed E-state index contributed by atoms with van der Waals surface area (Å²) >= 11 is 5.95. The molecule has 0 bridgehead atoms. The van der Waals surface area contributed by atoms with E-state index in [9.17, 15) is 0 Å². The minimum absolute atomic E-state index is 0.140. The number of hydrogen-bond donors (Lipinski definition) is 0. The topological polar surface area (TPSA) is 25.8 Å². The highest BCUT2D eigenvalue weighted by molar-refractivity contribution is 6.20. The Balaban J connectivity index is 2.72. The first-order valence-corrected chi connectivity index (χ1v) is 4.99. The van der Waals surface area contributed by atoms with Crippen LogP contribution in [0.15, 0.2) is 24.3 Å². The van der Waals surface area contributed by atoms with Gasteiger partial charge in [-0.2, -0.15) is 0 Å². The number of para-hydroxylation sites is 1. The maximum absolute atomic E-state index is 5.95. The van der Waals surface area contributed by atoms with Crippen LogP contribution in [0.3, 0.4) is 0 Å². The number of aryl methyl sites for hydroxylation is 1. The van der Waals surface area contributed by atoms with Crippen LogP contribution in [-0.2, 0) is 0 Å². The van der Waals surface area contributed by atoms with Crippen molar-refractivity contribution >= 4 is 22.5 Å². The maximum Gasteiger partial charge on any atom is 0.146 e. The Labute approximate surface area is 88.0 Å². The lowest BCUT2D eigenvalue weighted by Gasteiger charge is -2.06. The lowest BCUT2D eigenvalue weighted by atomic mass is 10.2. The van der Waals surface area contributed by atoms with E-state index in [-0.39, 0.29) is 5.38 Å². The van der Waals surface area contributed by atoms with Crippen LogP contribution in [0.25, 0.3) is 10.9 Å². The Morgan fingerprint density at radius 2 is 1.93 bits per heavy atom. The van der Waals surface area contributed by atoms with Crippen molar-refractivity contribution in [2.45, 2.75) is 19.2 Å². The highest BCUT2D eigenvalue weighted by atomic mass is 35.5. The summed E-state index contributed by atoms with van der Waals surface area (Å²) in [7, 11) is 0. The average Bonchev–Trinajstić information content (AvgIpc) is 2.17. The molecule has 0 aliphatic rings. The van der Waals surface area contributed by atoms with Crippen LogP contribution >= 0.6 is 11.6 Å². The summed E-state index contributed by atoms with van der Waals surface area (Å²) in [4.78, 5) is 8.75. The quantitative estimate of drug-likeness (QED) is 0.670. The van der Waals surface area contributed by atoms with Gasteiger partial charge in [-0.3, -0.25) is 0 Å². The SMILES string of the molecule is Cc1nc(C(C)Cl)nc2ccccc12. The van der Waals surface area contributed by atoms with Gasteiger partial charge in [-0.25, -0.2) is 9.97 Å². The lowest BCUT2D eigenvalue weighted by molar-refractivity contribution is 0.912. The van der Waals surface area contributed by atoms with E-state index >= 15 is 0 Å². The Morgan fingerprint density at radius 3 is 2.64 bits per heavy atom. The van der Waals surface area contributed by atoms with Gasteiger partial charge in [0.05, 0.1) is 10.9 Å². The second-order valence-corrected chi connectivity index (χ2v) is 3.96. The largest absolute Gasteiger partial charge is 0.236 e. The Kier molecular flexibility index (Phi) is 2.38. The fourth-order valence-electron chi connectivity index (χ4n) is 1.44. The predicted octanol–water partition coefficient (Wildman–Crippen LogP) is 3.24. The molecule has 2 rings (SSSR count). The van der Waals surface area contributed by atoms with E-state index < -0.39 is 0 Å². The van der Waals surface area contributed by atoms with Crippen LogP contribution in [-0.4, -0.2) is 9.97 Å². The van der Waals surface area contributed by atoms with Gasteiger partial charge in [0.15, 0.2) is 0 Å². The summed E-state index contributed by atoms with van der Waals surface area (Å²) in [6.45, 7) is 3.86. The van der Waals surface area contributed by atoms with Crippen LogP contribution in [0.1, 0.15) is 23.8 Å². The number of fused-ring (bicyclic) bond motifs is 1. The third-order valence-electron chi connectivity index (χ3n) is 2.17. The first kappa shape index (κ1) is 9.41. The molecule has 3 heteroatoms. The van der Waals surface area contributed by atoms with Gasteiger partial charge in [0.1, 0.15) is 5.82 Å². The Bertz CT molecular complexity index is 466. The minimum Gasteiger partial charge on any atom is -0.236 e. The van der Waals surface area contributed by atoms with Crippen molar-refractivity contribution in [2.75, 3.05) is 0 Å². The number of rotatable bonds is 1. The standard InChI is InChI=1S/C11H11ClN2/c1-7(12)11-13-8(2)9-5-3-4-6-10(9)14-11/h3-7H,1-2H3. The molecular formula is C11H11ClN2. The fourth-order valence-corrected chi connectivity index (χ4v) is 1.53. The van der Waals surface area contributed by atoms with E-state index in [1.807, 2.05) is 38.1 Å². The molecule has 72 valence electrons. The second kappa shape index (κ2) is 3.54. The third kappa shape index (κ3) is 1.58. The summed E-state index contributed by atoms with van der Waals surface area (Å²) in [6, 6.07) is 7.96. The number of hydrogen-bond acceptors (Lipinski definition) is 2. The monoisotopic (exact) mass is 206 g/mol. The molecule has 0 aliphatic carbocycles. The first-order chi connectivity index (χ1) is 6.68. The van der Waals surface area contributed by atoms with Gasteiger partial charge in [0, 0.05) is 11.1 Å². The van der Waals surface area contributed by atoms with Gasteiger partial charge in [-0.1, -0.05) is 18.2 Å². The molecule has 1 atom stereocenters. The fraction of sp³-hybridized carbons (Fsp3) is 0.273. The maximum atomic E-state index is 5.95. The van der Waals surface area contributed by atoms with E-state index in [4.69, 9.17) is 11.6 Å². The molecule has 0 N–H and O–H groups in total. The van der Waals surface area contributed by atoms with Crippen LogP contribution in [0.2, 0.25) is 0 Å². The lowest BCUT2D eigenvalue weighted by Crippen LogP contribution is -1.98. The number of benzene rings is 1. The van der Waals surface area contributed by atoms with E-state index in [1.54, 1.807) is 0 Å². The predicted molar refractivity (Wildman–Crippen MR) is 58.5 cm³/mol. The Hall–Kier alpha value is -1.15. The zero-order valence-corrected chi connectivity index (χ0v) is 8.92. The van der Waals surface area contributed by atoms with Gasteiger partial charge in [-0.15, -0.1) is 11.6 Å². The molecule has 0 radical (unpaired) electrons. The molecule has 1 aromatic heterocycles. The summed E-state index contributed by atoms with van der Waals surface area (Å²) < 4.78 is 0. The third-order valence-corrected chi connectivity index (χ3v) is 2.36.